The van der Waals surface area contributed by atoms with Crippen molar-refractivity contribution in [1.29, 1.82) is 0 Å². The van der Waals surface area contributed by atoms with E-state index >= 15 is 0 Å². The van der Waals surface area contributed by atoms with E-state index in [2.05, 4.69) is 5.32 Å². The number of rotatable bonds is 4. The third kappa shape index (κ3) is 4.21. The number of amides is 3. The van der Waals surface area contributed by atoms with E-state index in [4.69, 9.17) is 9.47 Å². The Morgan fingerprint density at radius 2 is 2.04 bits per heavy atom. The van der Waals surface area contributed by atoms with Gasteiger partial charge in [0.2, 0.25) is 5.91 Å². The van der Waals surface area contributed by atoms with Crippen molar-refractivity contribution in [2.75, 3.05) is 22.9 Å². The van der Waals surface area contributed by atoms with Gasteiger partial charge in [0.25, 0.3) is 0 Å². The summed E-state index contributed by atoms with van der Waals surface area (Å²) in [6.45, 7) is 9.77. The maximum absolute atomic E-state index is 12.3. The summed E-state index contributed by atoms with van der Waals surface area (Å²) in [6, 6.07) is 5.63. The van der Waals surface area contributed by atoms with Crippen LogP contribution in [0.25, 0.3) is 0 Å². The zero-order chi connectivity index (χ0) is 20.6. The van der Waals surface area contributed by atoms with Crippen LogP contribution >= 0.6 is 0 Å². The molecule has 0 spiro atoms. The average Bonchev–Trinajstić information content (AvgIpc) is 3.09. The highest BCUT2D eigenvalue weighted by Gasteiger charge is 2.35. The van der Waals surface area contributed by atoms with Crippen LogP contribution in [0.3, 0.4) is 0 Å². The molecule has 2 aliphatic heterocycles. The lowest BCUT2D eigenvalue weighted by molar-refractivity contribution is -0.117. The van der Waals surface area contributed by atoms with Crippen molar-refractivity contribution in [3.63, 3.8) is 0 Å². The van der Waals surface area contributed by atoms with Gasteiger partial charge in [-0.3, -0.25) is 9.69 Å². The van der Waals surface area contributed by atoms with Crippen LogP contribution in [0.1, 0.15) is 40.2 Å². The summed E-state index contributed by atoms with van der Waals surface area (Å²) in [5.41, 5.74) is 1.88. The number of anilines is 2. The first-order valence-corrected chi connectivity index (χ1v) is 9.45. The molecule has 1 saturated heterocycles. The zero-order valence-electron chi connectivity index (χ0n) is 16.9. The molecular weight excluding hydrogens is 362 g/mol. The van der Waals surface area contributed by atoms with Crippen molar-refractivity contribution in [2.45, 2.75) is 58.8 Å². The van der Waals surface area contributed by atoms with Gasteiger partial charge >= 0.3 is 12.2 Å². The van der Waals surface area contributed by atoms with E-state index in [9.17, 15) is 14.4 Å². The first-order valence-electron chi connectivity index (χ1n) is 9.45. The van der Waals surface area contributed by atoms with Gasteiger partial charge in [0.1, 0.15) is 11.7 Å². The molecule has 2 heterocycles. The number of benzene rings is 1. The van der Waals surface area contributed by atoms with Crippen molar-refractivity contribution < 1.29 is 23.9 Å². The van der Waals surface area contributed by atoms with Crippen LogP contribution < -0.4 is 15.1 Å². The van der Waals surface area contributed by atoms with Crippen LogP contribution in [0.2, 0.25) is 0 Å². The number of carbonyl (C=O) groups excluding carboxylic acids is 3. The summed E-state index contributed by atoms with van der Waals surface area (Å²) in [5.74, 6) is 0.0607. The molecule has 0 saturated carbocycles. The Labute approximate surface area is 164 Å². The number of hydrogen-bond donors (Lipinski definition) is 1. The number of fused-ring (bicyclic) bond motifs is 1. The number of alkyl carbamates (subject to hydrolysis) is 1. The first kappa shape index (κ1) is 20.0. The molecule has 2 aliphatic rings. The number of carbonyl (C=O) groups is 3. The van der Waals surface area contributed by atoms with Crippen LogP contribution in [0.15, 0.2) is 18.2 Å². The Balaban J connectivity index is 1.64. The molecule has 0 radical (unpaired) electrons. The van der Waals surface area contributed by atoms with Gasteiger partial charge in [-0.2, -0.15) is 0 Å². The van der Waals surface area contributed by atoms with E-state index in [1.54, 1.807) is 25.7 Å². The summed E-state index contributed by atoms with van der Waals surface area (Å²) < 4.78 is 10.5. The number of nitrogens with one attached hydrogen (secondary N) is 1. The number of ether oxygens (including phenoxy) is 2. The second-order valence-corrected chi connectivity index (χ2v) is 8.35. The van der Waals surface area contributed by atoms with Gasteiger partial charge in [0, 0.05) is 17.4 Å². The summed E-state index contributed by atoms with van der Waals surface area (Å²) in [5, 5.41) is 2.62. The summed E-state index contributed by atoms with van der Waals surface area (Å²) >= 11 is 0. The van der Waals surface area contributed by atoms with E-state index in [-0.39, 0.29) is 18.5 Å². The smallest absolute Gasteiger partial charge is 0.414 e. The molecule has 1 fully saturated rings. The van der Waals surface area contributed by atoms with Gasteiger partial charge in [-0.05, 0) is 58.4 Å². The van der Waals surface area contributed by atoms with E-state index in [1.165, 1.54) is 4.90 Å². The van der Waals surface area contributed by atoms with Gasteiger partial charge in [0.05, 0.1) is 19.5 Å². The third-order valence-corrected chi connectivity index (χ3v) is 4.51. The number of nitrogens with zero attached hydrogens (tertiary/aromatic N) is 2. The SMILES string of the molecule is CC(C)N1C(=O)Cc2cc(N3C[C@H](CNC(=O)OC(C)(C)C)OC3=O)ccc21. The van der Waals surface area contributed by atoms with Gasteiger partial charge < -0.3 is 19.7 Å². The van der Waals surface area contributed by atoms with Crippen LogP contribution in [0.4, 0.5) is 21.0 Å². The lowest BCUT2D eigenvalue weighted by atomic mass is 10.1. The monoisotopic (exact) mass is 389 g/mol. The molecule has 1 atom stereocenters. The highest BCUT2D eigenvalue weighted by atomic mass is 16.6. The fourth-order valence-corrected chi connectivity index (χ4v) is 3.42. The molecule has 3 rings (SSSR count). The van der Waals surface area contributed by atoms with Gasteiger partial charge in [-0.25, -0.2) is 9.59 Å². The lowest BCUT2D eigenvalue weighted by Gasteiger charge is -2.22. The maximum atomic E-state index is 12.3. The normalized spacial score (nSPS) is 19.1. The highest BCUT2D eigenvalue weighted by Crippen LogP contribution is 2.34. The predicted molar refractivity (Wildman–Crippen MR) is 105 cm³/mol. The van der Waals surface area contributed by atoms with E-state index in [1.807, 2.05) is 32.0 Å². The predicted octanol–water partition coefficient (Wildman–Crippen LogP) is 2.83. The van der Waals surface area contributed by atoms with Gasteiger partial charge in [-0.15, -0.1) is 0 Å². The third-order valence-electron chi connectivity index (χ3n) is 4.51. The standard InChI is InChI=1S/C20H27N3O5/c1-12(2)23-16-7-6-14(8-13(16)9-17(23)24)22-11-15(27-19(22)26)10-21-18(25)28-20(3,4)5/h6-8,12,15H,9-11H2,1-5H3,(H,21,25)/t15-/m0/s1. The van der Waals surface area contributed by atoms with E-state index in [0.29, 0.717) is 18.7 Å². The van der Waals surface area contributed by atoms with E-state index in [0.717, 1.165) is 11.3 Å². The maximum Gasteiger partial charge on any atom is 0.414 e. The molecule has 0 unspecified atom stereocenters. The quantitative estimate of drug-likeness (QED) is 0.855. The van der Waals surface area contributed by atoms with Gasteiger partial charge in [-0.1, -0.05) is 0 Å². The fraction of sp³-hybridized carbons (Fsp3) is 0.550. The largest absolute Gasteiger partial charge is 0.444 e. The molecule has 1 aromatic rings. The molecule has 28 heavy (non-hydrogen) atoms. The first-order chi connectivity index (χ1) is 13.0. The Bertz CT molecular complexity index is 800. The molecule has 8 heteroatoms. The minimum Gasteiger partial charge on any atom is -0.444 e. The molecule has 1 N–H and O–H groups in total. The van der Waals surface area contributed by atoms with Gasteiger partial charge in [0.15, 0.2) is 0 Å². The van der Waals surface area contributed by atoms with Crippen molar-refractivity contribution in [3.8, 4) is 0 Å². The Kier molecular flexibility index (Phi) is 5.23. The van der Waals surface area contributed by atoms with Crippen LogP contribution in [-0.2, 0) is 20.7 Å². The zero-order valence-corrected chi connectivity index (χ0v) is 16.9. The van der Waals surface area contributed by atoms with Crippen molar-refractivity contribution in [1.82, 2.24) is 5.32 Å². The van der Waals surface area contributed by atoms with Crippen LogP contribution in [-0.4, -0.2) is 48.9 Å². The molecule has 3 amide bonds. The molecule has 0 aliphatic carbocycles. The Morgan fingerprint density at radius 3 is 2.68 bits per heavy atom. The molecule has 152 valence electrons. The Hall–Kier alpha value is -2.77. The molecule has 0 aromatic heterocycles. The highest BCUT2D eigenvalue weighted by molar-refractivity contribution is 6.02. The Morgan fingerprint density at radius 1 is 1.32 bits per heavy atom. The molecule has 8 nitrogen and oxygen atoms in total. The van der Waals surface area contributed by atoms with Crippen molar-refractivity contribution in [2.24, 2.45) is 0 Å². The van der Waals surface area contributed by atoms with Crippen molar-refractivity contribution in [3.05, 3.63) is 23.8 Å². The van der Waals surface area contributed by atoms with Crippen LogP contribution in [0.5, 0.6) is 0 Å². The molecule has 0 bridgehead atoms. The minimum absolute atomic E-state index is 0.0607. The summed E-state index contributed by atoms with van der Waals surface area (Å²) in [4.78, 5) is 39.6. The number of cyclic esters (lactones) is 1. The number of hydrogen-bond acceptors (Lipinski definition) is 5. The molecular formula is C20H27N3O5. The average molecular weight is 389 g/mol. The summed E-state index contributed by atoms with van der Waals surface area (Å²) in [7, 11) is 0. The topological polar surface area (TPSA) is 88.2 Å². The lowest BCUT2D eigenvalue weighted by Crippen LogP contribution is -2.38. The van der Waals surface area contributed by atoms with Crippen LogP contribution in [0, 0.1) is 0 Å². The van der Waals surface area contributed by atoms with E-state index < -0.39 is 23.9 Å². The van der Waals surface area contributed by atoms with Crippen molar-refractivity contribution >= 4 is 29.5 Å². The molecule has 1 aromatic carbocycles. The summed E-state index contributed by atoms with van der Waals surface area (Å²) in [6.07, 6.45) is -1.16. The second kappa shape index (κ2) is 7.33. The fourth-order valence-electron chi connectivity index (χ4n) is 3.42. The minimum atomic E-state index is -0.589. The second-order valence-electron chi connectivity index (χ2n) is 8.35.